The van der Waals surface area contributed by atoms with Gasteiger partial charge in [-0.05, 0) is 31.6 Å². The van der Waals surface area contributed by atoms with Crippen molar-refractivity contribution in [2.45, 2.75) is 19.3 Å². The van der Waals surface area contributed by atoms with E-state index in [1.54, 1.807) is 7.11 Å². The number of rotatable bonds is 11. The predicted octanol–water partition coefficient (Wildman–Crippen LogP) is 1.12. The van der Waals surface area contributed by atoms with Crippen molar-refractivity contribution >= 4 is 11.8 Å². The Bertz CT molecular complexity index is 92.1. The van der Waals surface area contributed by atoms with E-state index in [2.05, 4.69) is 5.32 Å². The molecule has 86 valence electrons. The number of ether oxygens (including phenoxy) is 1. The number of nitrogens with one attached hydrogen (secondary N) is 1. The van der Waals surface area contributed by atoms with Crippen LogP contribution in [0.25, 0.3) is 0 Å². The zero-order chi connectivity index (χ0) is 10.5. The first-order chi connectivity index (χ1) is 6.91. The highest BCUT2D eigenvalue weighted by molar-refractivity contribution is 7.99. The fourth-order valence-corrected chi connectivity index (χ4v) is 1.86. The summed E-state index contributed by atoms with van der Waals surface area (Å²) in [6.07, 6.45) is 3.24. The Morgan fingerprint density at radius 2 is 2.00 bits per heavy atom. The molecule has 0 heterocycles. The minimum absolute atomic E-state index is 0.317. The van der Waals surface area contributed by atoms with E-state index in [1.807, 2.05) is 11.8 Å². The zero-order valence-corrected chi connectivity index (χ0v) is 9.94. The van der Waals surface area contributed by atoms with Crippen LogP contribution in [0.3, 0.4) is 0 Å². The van der Waals surface area contributed by atoms with E-state index in [4.69, 9.17) is 9.84 Å². The van der Waals surface area contributed by atoms with E-state index in [0.717, 1.165) is 44.0 Å². The fourth-order valence-electron chi connectivity index (χ4n) is 1.03. The third-order valence-corrected chi connectivity index (χ3v) is 2.89. The summed E-state index contributed by atoms with van der Waals surface area (Å²) in [5.41, 5.74) is 0. The molecule has 0 fully saturated rings. The van der Waals surface area contributed by atoms with Crippen LogP contribution in [0.5, 0.6) is 0 Å². The van der Waals surface area contributed by atoms with Crippen molar-refractivity contribution in [2.75, 3.05) is 44.9 Å². The minimum atomic E-state index is 0.317. The summed E-state index contributed by atoms with van der Waals surface area (Å²) in [7, 11) is 1.74. The summed E-state index contributed by atoms with van der Waals surface area (Å²) in [6, 6.07) is 0. The monoisotopic (exact) mass is 221 g/mol. The molecular weight excluding hydrogens is 198 g/mol. The van der Waals surface area contributed by atoms with Crippen molar-refractivity contribution < 1.29 is 9.84 Å². The first-order valence-electron chi connectivity index (χ1n) is 5.30. The number of aliphatic hydroxyl groups excluding tert-OH is 1. The van der Waals surface area contributed by atoms with Gasteiger partial charge in [-0.25, -0.2) is 0 Å². The van der Waals surface area contributed by atoms with Crippen LogP contribution >= 0.6 is 11.8 Å². The fraction of sp³-hybridized carbons (Fsp3) is 1.00. The molecule has 0 aromatic rings. The second kappa shape index (κ2) is 13.2. The molecule has 0 aliphatic rings. The summed E-state index contributed by atoms with van der Waals surface area (Å²) < 4.78 is 4.96. The molecule has 14 heavy (non-hydrogen) atoms. The quantitative estimate of drug-likeness (QED) is 0.513. The summed E-state index contributed by atoms with van der Waals surface area (Å²) in [5, 5.41) is 11.9. The highest BCUT2D eigenvalue weighted by Gasteiger charge is 1.90. The third-order valence-electron chi connectivity index (χ3n) is 1.82. The first kappa shape index (κ1) is 14.2. The Kier molecular flexibility index (Phi) is 13.4. The number of unbranched alkanes of at least 4 members (excludes halogenated alkanes) is 1. The number of thioether (sulfide) groups is 1. The smallest absolute Gasteiger partial charge is 0.0462 e. The van der Waals surface area contributed by atoms with Crippen LogP contribution in [-0.4, -0.2) is 50.0 Å². The lowest BCUT2D eigenvalue weighted by Gasteiger charge is -2.04. The highest BCUT2D eigenvalue weighted by atomic mass is 32.2. The Labute approximate surface area is 91.6 Å². The lowest BCUT2D eigenvalue weighted by Crippen LogP contribution is -2.18. The normalized spacial score (nSPS) is 10.7. The van der Waals surface area contributed by atoms with Crippen LogP contribution in [0.15, 0.2) is 0 Å². The molecule has 0 aliphatic heterocycles. The summed E-state index contributed by atoms with van der Waals surface area (Å²) in [6.45, 7) is 3.34. The van der Waals surface area contributed by atoms with Gasteiger partial charge in [-0.2, -0.15) is 11.8 Å². The van der Waals surface area contributed by atoms with Crippen molar-refractivity contribution in [2.24, 2.45) is 0 Å². The molecule has 0 aliphatic carbocycles. The van der Waals surface area contributed by atoms with Crippen LogP contribution in [-0.2, 0) is 4.74 Å². The van der Waals surface area contributed by atoms with Gasteiger partial charge in [0.2, 0.25) is 0 Å². The summed E-state index contributed by atoms with van der Waals surface area (Å²) >= 11 is 1.90. The molecule has 3 nitrogen and oxygen atoms in total. The second-order valence-electron chi connectivity index (χ2n) is 3.14. The van der Waals surface area contributed by atoms with Gasteiger partial charge in [0.25, 0.3) is 0 Å². The van der Waals surface area contributed by atoms with Crippen molar-refractivity contribution in [3.8, 4) is 0 Å². The SMILES string of the molecule is COCCCCNCCSCCCO. The zero-order valence-electron chi connectivity index (χ0n) is 9.13. The maximum Gasteiger partial charge on any atom is 0.0462 e. The van der Waals surface area contributed by atoms with Gasteiger partial charge in [0.05, 0.1) is 0 Å². The topological polar surface area (TPSA) is 41.5 Å². The average Bonchev–Trinajstić information content (AvgIpc) is 2.21. The van der Waals surface area contributed by atoms with Gasteiger partial charge >= 0.3 is 0 Å². The van der Waals surface area contributed by atoms with Gasteiger partial charge < -0.3 is 15.2 Å². The highest BCUT2D eigenvalue weighted by Crippen LogP contribution is 1.99. The molecule has 0 radical (unpaired) electrons. The standard InChI is InChI=1S/C10H23NO2S/c1-13-8-3-2-5-11-6-10-14-9-4-7-12/h11-12H,2-10H2,1H3. The van der Waals surface area contributed by atoms with Gasteiger partial charge in [-0.3, -0.25) is 0 Å². The van der Waals surface area contributed by atoms with Crippen LogP contribution < -0.4 is 5.32 Å². The van der Waals surface area contributed by atoms with Gasteiger partial charge in [0, 0.05) is 32.6 Å². The minimum Gasteiger partial charge on any atom is -0.396 e. The maximum atomic E-state index is 8.55. The molecule has 0 spiro atoms. The van der Waals surface area contributed by atoms with Crippen LogP contribution in [0.4, 0.5) is 0 Å². The van der Waals surface area contributed by atoms with E-state index < -0.39 is 0 Å². The van der Waals surface area contributed by atoms with E-state index in [-0.39, 0.29) is 0 Å². The molecule has 0 unspecified atom stereocenters. The lowest BCUT2D eigenvalue weighted by molar-refractivity contribution is 0.192. The molecule has 0 saturated carbocycles. The van der Waals surface area contributed by atoms with Gasteiger partial charge in [-0.15, -0.1) is 0 Å². The van der Waals surface area contributed by atoms with Crippen molar-refractivity contribution in [3.63, 3.8) is 0 Å². The molecule has 2 N–H and O–H groups in total. The van der Waals surface area contributed by atoms with Gasteiger partial charge in [0.1, 0.15) is 0 Å². The molecule has 0 amide bonds. The maximum absolute atomic E-state index is 8.55. The Balaban J connectivity index is 2.78. The second-order valence-corrected chi connectivity index (χ2v) is 4.36. The molecule has 0 rings (SSSR count). The molecule has 0 atom stereocenters. The van der Waals surface area contributed by atoms with E-state index in [9.17, 15) is 0 Å². The third kappa shape index (κ3) is 12.2. The van der Waals surface area contributed by atoms with E-state index >= 15 is 0 Å². The average molecular weight is 221 g/mol. The lowest BCUT2D eigenvalue weighted by atomic mass is 10.3. The molecule has 0 saturated heterocycles. The van der Waals surface area contributed by atoms with Gasteiger partial charge in [0.15, 0.2) is 0 Å². The van der Waals surface area contributed by atoms with E-state index in [0.29, 0.717) is 6.61 Å². The van der Waals surface area contributed by atoms with Crippen molar-refractivity contribution in [3.05, 3.63) is 0 Å². The predicted molar refractivity (Wildman–Crippen MR) is 63.0 cm³/mol. The molecule has 0 bridgehead atoms. The molecule has 4 heteroatoms. The Hall–Kier alpha value is 0.230. The van der Waals surface area contributed by atoms with Crippen LogP contribution in [0.1, 0.15) is 19.3 Å². The number of aliphatic hydroxyl groups is 1. The molecule has 0 aromatic heterocycles. The summed E-state index contributed by atoms with van der Waals surface area (Å²) in [5.74, 6) is 2.21. The van der Waals surface area contributed by atoms with E-state index in [1.165, 1.54) is 6.42 Å². The largest absolute Gasteiger partial charge is 0.396 e. The summed E-state index contributed by atoms with van der Waals surface area (Å²) in [4.78, 5) is 0. The van der Waals surface area contributed by atoms with Crippen molar-refractivity contribution in [1.29, 1.82) is 0 Å². The number of hydrogen-bond acceptors (Lipinski definition) is 4. The van der Waals surface area contributed by atoms with Gasteiger partial charge in [-0.1, -0.05) is 0 Å². The van der Waals surface area contributed by atoms with Crippen molar-refractivity contribution in [1.82, 2.24) is 5.32 Å². The number of hydrogen-bond donors (Lipinski definition) is 2. The van der Waals surface area contributed by atoms with Crippen LogP contribution in [0, 0.1) is 0 Å². The first-order valence-corrected chi connectivity index (χ1v) is 6.45. The molecule has 0 aromatic carbocycles. The van der Waals surface area contributed by atoms with Crippen LogP contribution in [0.2, 0.25) is 0 Å². The Morgan fingerprint density at radius 1 is 1.14 bits per heavy atom. The Morgan fingerprint density at radius 3 is 2.71 bits per heavy atom. The number of methoxy groups -OCH3 is 1. The molecular formula is C10H23NO2S.